The molecule has 1 aliphatic rings. The minimum atomic E-state index is 0.116. The van der Waals surface area contributed by atoms with Gasteiger partial charge in [0.15, 0.2) is 5.16 Å². The number of halogens is 1. The SMILES string of the molecule is CCn1c(S[C@@H](c2ccccc2)c2ccc(Cl)cc2)nnc1N1CCOCC1. The molecule has 0 bridgehead atoms. The predicted octanol–water partition coefficient (Wildman–Crippen LogP) is 4.67. The van der Waals surface area contributed by atoms with E-state index < -0.39 is 0 Å². The lowest BCUT2D eigenvalue weighted by molar-refractivity contribution is 0.121. The Morgan fingerprint density at radius 3 is 2.36 bits per heavy atom. The Hall–Kier alpha value is -2.02. The van der Waals surface area contributed by atoms with Crippen molar-refractivity contribution in [3.8, 4) is 0 Å². The molecule has 0 N–H and O–H groups in total. The smallest absolute Gasteiger partial charge is 0.228 e. The molecule has 1 aliphatic heterocycles. The van der Waals surface area contributed by atoms with E-state index in [1.807, 2.05) is 18.2 Å². The molecule has 1 atom stereocenters. The third-order valence-electron chi connectivity index (χ3n) is 4.81. The lowest BCUT2D eigenvalue weighted by Crippen LogP contribution is -2.38. The van der Waals surface area contributed by atoms with Crippen molar-refractivity contribution < 1.29 is 4.74 Å². The van der Waals surface area contributed by atoms with Crippen LogP contribution in [0.4, 0.5) is 5.95 Å². The molecule has 3 aromatic rings. The average molecular weight is 415 g/mol. The molecule has 0 spiro atoms. The minimum Gasteiger partial charge on any atom is -0.378 e. The Labute approximate surface area is 174 Å². The molecule has 0 saturated carbocycles. The van der Waals surface area contributed by atoms with Crippen LogP contribution in [-0.2, 0) is 11.3 Å². The summed E-state index contributed by atoms with van der Waals surface area (Å²) in [6.45, 7) is 6.12. The molecular formula is C21H23ClN4OS. The molecule has 146 valence electrons. The standard InChI is InChI=1S/C21H23ClN4OS/c1-2-26-20(25-12-14-27-15-13-25)23-24-21(26)28-19(16-6-4-3-5-7-16)17-8-10-18(22)11-9-17/h3-11,19H,2,12-15H2,1H3/t19-/m0/s1. The molecule has 1 saturated heterocycles. The number of nitrogens with zero attached hydrogens (tertiary/aromatic N) is 4. The van der Waals surface area contributed by atoms with E-state index in [2.05, 4.69) is 63.0 Å². The van der Waals surface area contributed by atoms with Gasteiger partial charge in [0.25, 0.3) is 0 Å². The molecule has 0 unspecified atom stereocenters. The highest BCUT2D eigenvalue weighted by Crippen LogP contribution is 2.40. The topological polar surface area (TPSA) is 43.2 Å². The quantitative estimate of drug-likeness (QED) is 0.548. The first-order valence-corrected chi connectivity index (χ1v) is 10.7. The van der Waals surface area contributed by atoms with E-state index in [1.165, 1.54) is 11.1 Å². The summed E-state index contributed by atoms with van der Waals surface area (Å²) >= 11 is 7.84. The summed E-state index contributed by atoms with van der Waals surface area (Å²) in [5.74, 6) is 0.927. The van der Waals surface area contributed by atoms with E-state index in [9.17, 15) is 0 Å². The van der Waals surface area contributed by atoms with Crippen molar-refractivity contribution in [3.05, 3.63) is 70.7 Å². The fourth-order valence-corrected chi connectivity index (χ4v) is 4.69. The molecular weight excluding hydrogens is 392 g/mol. The lowest BCUT2D eigenvalue weighted by Gasteiger charge is -2.27. The highest BCUT2D eigenvalue weighted by atomic mass is 35.5. The number of hydrogen-bond acceptors (Lipinski definition) is 5. The van der Waals surface area contributed by atoms with Crippen molar-refractivity contribution in [3.63, 3.8) is 0 Å². The third kappa shape index (κ3) is 4.19. The summed E-state index contributed by atoms with van der Waals surface area (Å²) < 4.78 is 7.67. The van der Waals surface area contributed by atoms with Crippen LogP contribution in [0.3, 0.4) is 0 Å². The van der Waals surface area contributed by atoms with Gasteiger partial charge in [-0.15, -0.1) is 10.2 Å². The molecule has 0 amide bonds. The van der Waals surface area contributed by atoms with Gasteiger partial charge in [-0.05, 0) is 30.2 Å². The van der Waals surface area contributed by atoms with Crippen LogP contribution in [0.1, 0.15) is 23.3 Å². The van der Waals surface area contributed by atoms with Crippen LogP contribution < -0.4 is 4.90 Å². The second-order valence-corrected chi connectivity index (χ2v) is 8.10. The van der Waals surface area contributed by atoms with Gasteiger partial charge in [0.2, 0.25) is 5.95 Å². The van der Waals surface area contributed by atoms with E-state index in [1.54, 1.807) is 11.8 Å². The molecule has 0 aliphatic carbocycles. The number of benzene rings is 2. The van der Waals surface area contributed by atoms with Crippen LogP contribution in [0.15, 0.2) is 59.8 Å². The van der Waals surface area contributed by atoms with Gasteiger partial charge < -0.3 is 9.64 Å². The molecule has 1 aromatic heterocycles. The molecule has 7 heteroatoms. The monoisotopic (exact) mass is 414 g/mol. The molecule has 28 heavy (non-hydrogen) atoms. The number of morpholine rings is 1. The Bertz CT molecular complexity index is 895. The van der Waals surface area contributed by atoms with Crippen molar-refractivity contribution in [1.82, 2.24) is 14.8 Å². The van der Waals surface area contributed by atoms with Gasteiger partial charge in [-0.2, -0.15) is 0 Å². The van der Waals surface area contributed by atoms with Gasteiger partial charge in [0.05, 0.1) is 18.5 Å². The van der Waals surface area contributed by atoms with Crippen molar-refractivity contribution in [2.75, 3.05) is 31.2 Å². The van der Waals surface area contributed by atoms with Crippen LogP contribution in [0.5, 0.6) is 0 Å². The van der Waals surface area contributed by atoms with Gasteiger partial charge in [0, 0.05) is 24.7 Å². The summed E-state index contributed by atoms with van der Waals surface area (Å²) in [5, 5.41) is 10.8. The predicted molar refractivity (Wildman–Crippen MR) is 114 cm³/mol. The van der Waals surface area contributed by atoms with Gasteiger partial charge in [-0.25, -0.2) is 0 Å². The van der Waals surface area contributed by atoms with Crippen LogP contribution >= 0.6 is 23.4 Å². The van der Waals surface area contributed by atoms with Crippen molar-refractivity contribution in [2.24, 2.45) is 0 Å². The van der Waals surface area contributed by atoms with Crippen molar-refractivity contribution in [1.29, 1.82) is 0 Å². The van der Waals surface area contributed by atoms with Crippen LogP contribution in [-0.4, -0.2) is 41.1 Å². The van der Waals surface area contributed by atoms with E-state index >= 15 is 0 Å². The molecule has 5 nitrogen and oxygen atoms in total. The van der Waals surface area contributed by atoms with E-state index in [0.717, 1.165) is 49.0 Å². The Balaban J connectivity index is 1.67. The van der Waals surface area contributed by atoms with Crippen LogP contribution in [0.25, 0.3) is 0 Å². The molecule has 4 rings (SSSR count). The van der Waals surface area contributed by atoms with Crippen molar-refractivity contribution in [2.45, 2.75) is 23.9 Å². The average Bonchev–Trinajstić information content (AvgIpc) is 3.16. The highest BCUT2D eigenvalue weighted by molar-refractivity contribution is 7.99. The maximum atomic E-state index is 6.11. The molecule has 2 heterocycles. The number of rotatable bonds is 6. The van der Waals surface area contributed by atoms with Crippen LogP contribution in [0.2, 0.25) is 5.02 Å². The fraction of sp³-hybridized carbons (Fsp3) is 0.333. The maximum Gasteiger partial charge on any atom is 0.228 e. The first-order valence-electron chi connectivity index (χ1n) is 9.49. The minimum absolute atomic E-state index is 0.116. The highest BCUT2D eigenvalue weighted by Gasteiger charge is 2.23. The van der Waals surface area contributed by atoms with Gasteiger partial charge in [-0.1, -0.05) is 65.8 Å². The number of anilines is 1. The van der Waals surface area contributed by atoms with E-state index in [-0.39, 0.29) is 5.25 Å². The molecule has 0 radical (unpaired) electrons. The Morgan fingerprint density at radius 2 is 1.68 bits per heavy atom. The largest absolute Gasteiger partial charge is 0.378 e. The van der Waals surface area contributed by atoms with Gasteiger partial charge in [0.1, 0.15) is 0 Å². The Kier molecular flexibility index (Phi) is 6.20. The summed E-state index contributed by atoms with van der Waals surface area (Å²) in [5.41, 5.74) is 2.42. The van der Waals surface area contributed by atoms with Gasteiger partial charge >= 0.3 is 0 Å². The first-order chi connectivity index (χ1) is 13.8. The number of thioether (sulfide) groups is 1. The van der Waals surface area contributed by atoms with Crippen molar-refractivity contribution >= 4 is 29.3 Å². The number of hydrogen-bond donors (Lipinski definition) is 0. The molecule has 2 aromatic carbocycles. The molecule has 1 fully saturated rings. The van der Waals surface area contributed by atoms with Crippen LogP contribution in [0, 0.1) is 0 Å². The Morgan fingerprint density at radius 1 is 1.00 bits per heavy atom. The van der Waals surface area contributed by atoms with E-state index in [4.69, 9.17) is 16.3 Å². The number of ether oxygens (including phenoxy) is 1. The first kappa shape index (κ1) is 19.3. The normalized spacial score (nSPS) is 15.6. The summed E-state index contributed by atoms with van der Waals surface area (Å²) in [4.78, 5) is 2.25. The zero-order valence-corrected chi connectivity index (χ0v) is 17.4. The third-order valence-corrected chi connectivity index (χ3v) is 6.35. The second-order valence-electron chi connectivity index (χ2n) is 6.59. The van der Waals surface area contributed by atoms with E-state index in [0.29, 0.717) is 0 Å². The van der Waals surface area contributed by atoms with Gasteiger partial charge in [-0.3, -0.25) is 4.57 Å². The maximum absolute atomic E-state index is 6.11. The lowest BCUT2D eigenvalue weighted by atomic mass is 10.0. The zero-order valence-electron chi connectivity index (χ0n) is 15.8. The summed E-state index contributed by atoms with van der Waals surface area (Å²) in [6.07, 6.45) is 0. The summed E-state index contributed by atoms with van der Waals surface area (Å²) in [7, 11) is 0. The summed E-state index contributed by atoms with van der Waals surface area (Å²) in [6, 6.07) is 18.5. The fourth-order valence-electron chi connectivity index (χ4n) is 3.34. The second kappa shape index (κ2) is 8.99. The number of aromatic nitrogens is 3. The zero-order chi connectivity index (χ0) is 19.3.